The quantitative estimate of drug-likeness (QED) is 0.923. The number of aryl methyl sites for hydroxylation is 1. The molecule has 1 aliphatic heterocycles. The Balaban J connectivity index is 1.72. The summed E-state index contributed by atoms with van der Waals surface area (Å²) in [5.74, 6) is 3.04. The SMILES string of the molecule is CC(C)c1nnc2n1C[C@H](NC(=O)c1ccnc(N(C)C)c1)CC2. The Morgan fingerprint density at radius 1 is 1.38 bits per heavy atom. The zero-order valence-electron chi connectivity index (χ0n) is 14.7. The molecule has 1 amide bonds. The van der Waals surface area contributed by atoms with Gasteiger partial charge in [-0.15, -0.1) is 10.2 Å². The number of carbonyl (C=O) groups is 1. The summed E-state index contributed by atoms with van der Waals surface area (Å²) in [5.41, 5.74) is 0.632. The maximum absolute atomic E-state index is 12.6. The Kier molecular flexibility index (Phi) is 4.51. The van der Waals surface area contributed by atoms with Gasteiger partial charge in [0.2, 0.25) is 0 Å². The van der Waals surface area contributed by atoms with Crippen molar-refractivity contribution in [3.63, 3.8) is 0 Å². The van der Waals surface area contributed by atoms with Crippen molar-refractivity contribution >= 4 is 11.7 Å². The molecule has 7 nitrogen and oxygen atoms in total. The van der Waals surface area contributed by atoms with E-state index in [1.165, 1.54) is 0 Å². The first-order chi connectivity index (χ1) is 11.5. The predicted molar refractivity (Wildman–Crippen MR) is 92.3 cm³/mol. The molecule has 2 aromatic heterocycles. The van der Waals surface area contributed by atoms with Crippen molar-refractivity contribution in [2.45, 2.75) is 45.2 Å². The Hall–Kier alpha value is -2.44. The van der Waals surface area contributed by atoms with E-state index in [-0.39, 0.29) is 11.9 Å². The van der Waals surface area contributed by atoms with Crippen molar-refractivity contribution < 1.29 is 4.79 Å². The largest absolute Gasteiger partial charge is 0.363 e. The van der Waals surface area contributed by atoms with Crippen LogP contribution in [0.5, 0.6) is 0 Å². The fourth-order valence-electron chi connectivity index (χ4n) is 2.97. The second-order valence-electron chi connectivity index (χ2n) is 6.75. The number of rotatable bonds is 4. The van der Waals surface area contributed by atoms with Gasteiger partial charge in [0.1, 0.15) is 17.5 Å². The van der Waals surface area contributed by atoms with Gasteiger partial charge in [0, 0.05) is 50.8 Å². The molecule has 7 heteroatoms. The summed E-state index contributed by atoms with van der Waals surface area (Å²) in [5, 5.41) is 11.7. The van der Waals surface area contributed by atoms with E-state index >= 15 is 0 Å². The number of hydrogen-bond donors (Lipinski definition) is 1. The van der Waals surface area contributed by atoms with Crippen LogP contribution < -0.4 is 10.2 Å². The highest BCUT2D eigenvalue weighted by molar-refractivity contribution is 5.95. The minimum atomic E-state index is -0.0619. The lowest BCUT2D eigenvalue weighted by molar-refractivity contribution is 0.0927. The summed E-state index contributed by atoms with van der Waals surface area (Å²) in [7, 11) is 3.82. The van der Waals surface area contributed by atoms with Crippen LogP contribution in [0, 0.1) is 0 Å². The number of nitrogens with one attached hydrogen (secondary N) is 1. The standard InChI is InChI=1S/C17H24N6O/c1-11(2)16-21-20-14-6-5-13(10-23(14)16)19-17(24)12-7-8-18-15(9-12)22(3)4/h7-9,11,13H,5-6,10H2,1-4H3,(H,19,24)/t13-/m1/s1. The molecule has 1 atom stereocenters. The summed E-state index contributed by atoms with van der Waals surface area (Å²) in [6.07, 6.45) is 3.39. The molecule has 0 radical (unpaired) electrons. The van der Waals surface area contributed by atoms with Gasteiger partial charge in [-0.25, -0.2) is 4.98 Å². The lowest BCUT2D eigenvalue weighted by Gasteiger charge is -2.26. The molecule has 0 spiro atoms. The first kappa shape index (κ1) is 16.4. The van der Waals surface area contributed by atoms with Gasteiger partial charge in [-0.2, -0.15) is 0 Å². The van der Waals surface area contributed by atoms with Gasteiger partial charge in [0.05, 0.1) is 0 Å². The molecule has 0 fully saturated rings. The third-order valence-corrected chi connectivity index (χ3v) is 4.29. The molecule has 2 aromatic rings. The molecular formula is C17H24N6O. The van der Waals surface area contributed by atoms with E-state index in [2.05, 4.69) is 38.9 Å². The minimum Gasteiger partial charge on any atom is -0.363 e. The van der Waals surface area contributed by atoms with Crippen LogP contribution in [0.2, 0.25) is 0 Å². The second-order valence-corrected chi connectivity index (χ2v) is 6.75. The molecule has 24 heavy (non-hydrogen) atoms. The van der Waals surface area contributed by atoms with E-state index in [4.69, 9.17) is 0 Å². The van der Waals surface area contributed by atoms with Crippen LogP contribution in [-0.2, 0) is 13.0 Å². The molecule has 1 N–H and O–H groups in total. The van der Waals surface area contributed by atoms with Crippen LogP contribution in [0.1, 0.15) is 48.2 Å². The Morgan fingerprint density at radius 2 is 2.17 bits per heavy atom. The summed E-state index contributed by atoms with van der Waals surface area (Å²) >= 11 is 0. The number of pyridine rings is 1. The number of hydrogen-bond acceptors (Lipinski definition) is 5. The maximum Gasteiger partial charge on any atom is 0.251 e. The Bertz CT molecular complexity index is 736. The van der Waals surface area contributed by atoms with Crippen molar-refractivity contribution in [3.8, 4) is 0 Å². The molecule has 0 aliphatic carbocycles. The van der Waals surface area contributed by atoms with E-state index in [1.54, 1.807) is 12.3 Å². The summed E-state index contributed by atoms with van der Waals surface area (Å²) in [4.78, 5) is 18.7. The van der Waals surface area contributed by atoms with Gasteiger partial charge < -0.3 is 14.8 Å². The molecule has 0 saturated carbocycles. The number of carbonyl (C=O) groups excluding carboxylic acids is 1. The number of aromatic nitrogens is 4. The molecule has 0 aromatic carbocycles. The molecule has 3 heterocycles. The zero-order valence-corrected chi connectivity index (χ0v) is 14.7. The molecule has 3 rings (SSSR count). The Morgan fingerprint density at radius 3 is 2.88 bits per heavy atom. The predicted octanol–water partition coefficient (Wildman–Crippen LogP) is 1.61. The fraction of sp³-hybridized carbons (Fsp3) is 0.529. The van der Waals surface area contributed by atoms with E-state index in [0.717, 1.165) is 36.9 Å². The van der Waals surface area contributed by atoms with Gasteiger partial charge in [-0.1, -0.05) is 13.8 Å². The summed E-state index contributed by atoms with van der Waals surface area (Å²) in [6.45, 7) is 4.95. The van der Waals surface area contributed by atoms with Crippen LogP contribution in [0.25, 0.3) is 0 Å². The van der Waals surface area contributed by atoms with Gasteiger partial charge in [0.15, 0.2) is 0 Å². The van der Waals surface area contributed by atoms with Gasteiger partial charge in [0.25, 0.3) is 5.91 Å². The number of anilines is 1. The monoisotopic (exact) mass is 328 g/mol. The fourth-order valence-corrected chi connectivity index (χ4v) is 2.97. The average Bonchev–Trinajstić information content (AvgIpc) is 2.98. The highest BCUT2D eigenvalue weighted by Crippen LogP contribution is 2.20. The van der Waals surface area contributed by atoms with Crippen LogP contribution in [0.4, 0.5) is 5.82 Å². The number of nitrogens with zero attached hydrogens (tertiary/aromatic N) is 5. The van der Waals surface area contributed by atoms with Crippen LogP contribution >= 0.6 is 0 Å². The lowest BCUT2D eigenvalue weighted by atomic mass is 10.1. The van der Waals surface area contributed by atoms with Gasteiger partial charge in [-0.05, 0) is 18.6 Å². The van der Waals surface area contributed by atoms with Gasteiger partial charge in [-0.3, -0.25) is 4.79 Å². The van der Waals surface area contributed by atoms with E-state index < -0.39 is 0 Å². The first-order valence-corrected chi connectivity index (χ1v) is 8.32. The smallest absolute Gasteiger partial charge is 0.251 e. The van der Waals surface area contributed by atoms with Gasteiger partial charge >= 0.3 is 0 Å². The lowest BCUT2D eigenvalue weighted by Crippen LogP contribution is -2.41. The van der Waals surface area contributed by atoms with E-state index in [1.807, 2.05) is 25.1 Å². The van der Waals surface area contributed by atoms with Crippen molar-refractivity contribution in [2.24, 2.45) is 0 Å². The molecule has 128 valence electrons. The van der Waals surface area contributed by atoms with Crippen molar-refractivity contribution in [1.29, 1.82) is 0 Å². The highest BCUT2D eigenvalue weighted by Gasteiger charge is 2.25. The van der Waals surface area contributed by atoms with Crippen molar-refractivity contribution in [1.82, 2.24) is 25.1 Å². The molecule has 1 aliphatic rings. The topological polar surface area (TPSA) is 75.9 Å². The Labute approximate surface area is 142 Å². The van der Waals surface area contributed by atoms with E-state index in [0.29, 0.717) is 11.5 Å². The third kappa shape index (κ3) is 3.25. The molecule has 0 saturated heterocycles. The van der Waals surface area contributed by atoms with Crippen LogP contribution in [0.3, 0.4) is 0 Å². The second kappa shape index (κ2) is 6.59. The number of amides is 1. The first-order valence-electron chi connectivity index (χ1n) is 8.32. The third-order valence-electron chi connectivity index (χ3n) is 4.29. The molecular weight excluding hydrogens is 304 g/mol. The minimum absolute atomic E-state index is 0.0619. The zero-order chi connectivity index (χ0) is 17.3. The molecule has 0 unspecified atom stereocenters. The summed E-state index contributed by atoms with van der Waals surface area (Å²) in [6, 6.07) is 3.64. The van der Waals surface area contributed by atoms with Crippen LogP contribution in [0.15, 0.2) is 18.3 Å². The highest BCUT2D eigenvalue weighted by atomic mass is 16.1. The van der Waals surface area contributed by atoms with Crippen LogP contribution in [-0.4, -0.2) is 45.8 Å². The maximum atomic E-state index is 12.6. The van der Waals surface area contributed by atoms with E-state index in [9.17, 15) is 4.79 Å². The normalized spacial score (nSPS) is 16.8. The molecule has 0 bridgehead atoms. The average molecular weight is 328 g/mol. The van der Waals surface area contributed by atoms with Crippen molar-refractivity contribution in [3.05, 3.63) is 35.5 Å². The number of fused-ring (bicyclic) bond motifs is 1. The van der Waals surface area contributed by atoms with Crippen molar-refractivity contribution in [2.75, 3.05) is 19.0 Å². The summed E-state index contributed by atoms with van der Waals surface area (Å²) < 4.78 is 2.15.